The summed E-state index contributed by atoms with van der Waals surface area (Å²) < 4.78 is 11.4. The van der Waals surface area contributed by atoms with Gasteiger partial charge in [0, 0.05) is 0 Å². The summed E-state index contributed by atoms with van der Waals surface area (Å²) in [4.78, 5) is 10.8. The maximum Gasteiger partial charge on any atom is 0.303 e. The molecule has 0 aromatic heterocycles. The van der Waals surface area contributed by atoms with E-state index in [-0.39, 0.29) is 18.4 Å². The van der Waals surface area contributed by atoms with Crippen molar-refractivity contribution in [3.63, 3.8) is 0 Å². The SMILES string of the molecule is CC(C)Oc1ccc(COc2ccc([C@@H](C)CC(=O)O)cc2)cc1Cl. The minimum Gasteiger partial charge on any atom is -0.489 e. The molecule has 0 amide bonds. The van der Waals surface area contributed by atoms with Crippen LogP contribution in [0.4, 0.5) is 0 Å². The van der Waals surface area contributed by atoms with Crippen LogP contribution in [-0.4, -0.2) is 17.2 Å². The van der Waals surface area contributed by atoms with Crippen LogP contribution >= 0.6 is 11.6 Å². The third kappa shape index (κ3) is 5.98. The number of benzene rings is 2. The highest BCUT2D eigenvalue weighted by Gasteiger charge is 2.10. The smallest absolute Gasteiger partial charge is 0.303 e. The molecule has 1 atom stereocenters. The van der Waals surface area contributed by atoms with E-state index in [0.29, 0.717) is 17.4 Å². The molecule has 25 heavy (non-hydrogen) atoms. The van der Waals surface area contributed by atoms with Crippen LogP contribution in [-0.2, 0) is 11.4 Å². The first-order chi connectivity index (χ1) is 11.8. The molecule has 0 radical (unpaired) electrons. The molecule has 2 aromatic rings. The quantitative estimate of drug-likeness (QED) is 0.693. The molecule has 4 nitrogen and oxygen atoms in total. The zero-order chi connectivity index (χ0) is 18.4. The number of ether oxygens (including phenoxy) is 2. The van der Waals surface area contributed by atoms with Gasteiger partial charge in [-0.1, -0.05) is 36.7 Å². The molecule has 134 valence electrons. The highest BCUT2D eigenvalue weighted by Crippen LogP contribution is 2.27. The van der Waals surface area contributed by atoms with Gasteiger partial charge >= 0.3 is 5.97 Å². The van der Waals surface area contributed by atoms with Gasteiger partial charge in [0.1, 0.15) is 18.1 Å². The van der Waals surface area contributed by atoms with Gasteiger partial charge < -0.3 is 14.6 Å². The van der Waals surface area contributed by atoms with Crippen LogP contribution in [0.2, 0.25) is 5.02 Å². The van der Waals surface area contributed by atoms with Gasteiger partial charge in [0.05, 0.1) is 17.5 Å². The normalized spacial score (nSPS) is 12.0. The van der Waals surface area contributed by atoms with Crippen LogP contribution in [0.1, 0.15) is 44.2 Å². The Hall–Kier alpha value is -2.20. The maximum absolute atomic E-state index is 10.8. The number of carboxylic acid groups (broad SMARTS) is 1. The van der Waals surface area contributed by atoms with Gasteiger partial charge in [0.25, 0.3) is 0 Å². The molecular formula is C20H23ClO4. The van der Waals surface area contributed by atoms with Gasteiger partial charge in [0.15, 0.2) is 0 Å². The Morgan fingerprint density at radius 3 is 2.36 bits per heavy atom. The predicted molar refractivity (Wildman–Crippen MR) is 98.7 cm³/mol. The zero-order valence-electron chi connectivity index (χ0n) is 14.7. The summed E-state index contributed by atoms with van der Waals surface area (Å²) in [5.41, 5.74) is 1.93. The zero-order valence-corrected chi connectivity index (χ0v) is 15.4. The van der Waals surface area contributed by atoms with Gasteiger partial charge in [-0.2, -0.15) is 0 Å². The van der Waals surface area contributed by atoms with E-state index in [2.05, 4.69) is 0 Å². The van der Waals surface area contributed by atoms with Crippen molar-refractivity contribution in [3.8, 4) is 11.5 Å². The van der Waals surface area contributed by atoms with Crippen LogP contribution in [0, 0.1) is 0 Å². The molecule has 0 bridgehead atoms. The van der Waals surface area contributed by atoms with E-state index in [1.807, 2.05) is 63.2 Å². The monoisotopic (exact) mass is 362 g/mol. The number of carbonyl (C=O) groups is 1. The summed E-state index contributed by atoms with van der Waals surface area (Å²) in [6, 6.07) is 13.1. The van der Waals surface area contributed by atoms with Crippen molar-refractivity contribution < 1.29 is 19.4 Å². The van der Waals surface area contributed by atoms with E-state index in [1.165, 1.54) is 0 Å². The minimum absolute atomic E-state index is 0.0288. The van der Waals surface area contributed by atoms with Gasteiger partial charge in [-0.15, -0.1) is 0 Å². The molecule has 0 aliphatic heterocycles. The van der Waals surface area contributed by atoms with Crippen molar-refractivity contribution in [1.29, 1.82) is 0 Å². The van der Waals surface area contributed by atoms with Crippen LogP contribution in [0.5, 0.6) is 11.5 Å². The molecule has 0 saturated heterocycles. The lowest BCUT2D eigenvalue weighted by molar-refractivity contribution is -0.137. The summed E-state index contributed by atoms with van der Waals surface area (Å²) in [7, 11) is 0. The van der Waals surface area contributed by atoms with Crippen molar-refractivity contribution in [2.75, 3.05) is 0 Å². The van der Waals surface area contributed by atoms with E-state index in [9.17, 15) is 4.79 Å². The Morgan fingerprint density at radius 1 is 1.12 bits per heavy atom. The number of carboxylic acids is 1. The summed E-state index contributed by atoms with van der Waals surface area (Å²) in [6.07, 6.45) is 0.186. The van der Waals surface area contributed by atoms with Crippen molar-refractivity contribution in [1.82, 2.24) is 0 Å². The van der Waals surface area contributed by atoms with E-state index in [4.69, 9.17) is 26.2 Å². The fourth-order valence-electron chi connectivity index (χ4n) is 2.42. The Balaban J connectivity index is 1.95. The summed E-state index contributed by atoms with van der Waals surface area (Å²) in [5.74, 6) is 0.565. The molecule has 0 heterocycles. The molecule has 0 fully saturated rings. The Labute approximate surface area is 153 Å². The fraction of sp³-hybridized carbons (Fsp3) is 0.350. The van der Waals surface area contributed by atoms with Crippen molar-refractivity contribution in [2.45, 2.75) is 45.8 Å². The first-order valence-electron chi connectivity index (χ1n) is 8.24. The number of hydrogen-bond acceptors (Lipinski definition) is 3. The Bertz CT molecular complexity index is 710. The Morgan fingerprint density at radius 2 is 1.80 bits per heavy atom. The first kappa shape index (κ1) is 19.1. The molecule has 2 rings (SSSR count). The number of halogens is 1. The highest BCUT2D eigenvalue weighted by molar-refractivity contribution is 6.32. The average molecular weight is 363 g/mol. The minimum atomic E-state index is -0.797. The molecule has 0 saturated carbocycles. The van der Waals surface area contributed by atoms with E-state index >= 15 is 0 Å². The van der Waals surface area contributed by atoms with Crippen LogP contribution < -0.4 is 9.47 Å². The van der Waals surface area contributed by atoms with Crippen LogP contribution in [0.25, 0.3) is 0 Å². The number of aliphatic carboxylic acids is 1. The second-order valence-electron chi connectivity index (χ2n) is 6.29. The number of rotatable bonds is 8. The molecule has 0 spiro atoms. The molecular weight excluding hydrogens is 340 g/mol. The topological polar surface area (TPSA) is 55.8 Å². The van der Waals surface area contributed by atoms with Crippen molar-refractivity contribution in [3.05, 3.63) is 58.6 Å². The van der Waals surface area contributed by atoms with Crippen molar-refractivity contribution >= 4 is 17.6 Å². The number of hydrogen-bond donors (Lipinski definition) is 1. The third-order valence-electron chi connectivity index (χ3n) is 3.69. The van der Waals surface area contributed by atoms with E-state index in [1.54, 1.807) is 0 Å². The molecule has 0 unspecified atom stereocenters. The fourth-order valence-corrected chi connectivity index (χ4v) is 2.67. The molecule has 5 heteroatoms. The second-order valence-corrected chi connectivity index (χ2v) is 6.70. The standard InChI is InChI=1S/C20H23ClO4/c1-13(2)25-19-9-4-15(11-18(19)21)12-24-17-7-5-16(6-8-17)14(3)10-20(22)23/h4-9,11,13-14H,10,12H2,1-3H3,(H,22,23)/t14-/m0/s1. The Kier molecular flexibility index (Phi) is 6.71. The second kappa shape index (κ2) is 8.77. The van der Waals surface area contributed by atoms with Gasteiger partial charge in [-0.05, 0) is 55.2 Å². The summed E-state index contributed by atoms with van der Waals surface area (Å²) in [5, 5.41) is 9.42. The van der Waals surface area contributed by atoms with Crippen LogP contribution in [0.15, 0.2) is 42.5 Å². The lowest BCUT2D eigenvalue weighted by Gasteiger charge is -2.13. The van der Waals surface area contributed by atoms with Gasteiger partial charge in [0.2, 0.25) is 0 Å². The van der Waals surface area contributed by atoms with Gasteiger partial charge in [-0.25, -0.2) is 0 Å². The van der Waals surface area contributed by atoms with Gasteiger partial charge in [-0.3, -0.25) is 4.79 Å². The molecule has 1 N–H and O–H groups in total. The summed E-state index contributed by atoms with van der Waals surface area (Å²) >= 11 is 6.22. The first-order valence-corrected chi connectivity index (χ1v) is 8.62. The van der Waals surface area contributed by atoms with E-state index < -0.39 is 5.97 Å². The summed E-state index contributed by atoms with van der Waals surface area (Å²) in [6.45, 7) is 6.20. The lowest BCUT2D eigenvalue weighted by atomic mass is 9.98. The molecule has 0 aliphatic carbocycles. The maximum atomic E-state index is 10.8. The third-order valence-corrected chi connectivity index (χ3v) is 3.99. The van der Waals surface area contributed by atoms with Crippen molar-refractivity contribution in [2.24, 2.45) is 0 Å². The molecule has 2 aromatic carbocycles. The molecule has 0 aliphatic rings. The largest absolute Gasteiger partial charge is 0.489 e. The lowest BCUT2D eigenvalue weighted by Crippen LogP contribution is -2.06. The average Bonchev–Trinajstić information content (AvgIpc) is 2.54. The van der Waals surface area contributed by atoms with E-state index in [0.717, 1.165) is 16.9 Å². The predicted octanol–water partition coefficient (Wildman–Crippen LogP) is 5.28. The van der Waals surface area contributed by atoms with Crippen LogP contribution in [0.3, 0.4) is 0 Å². The highest BCUT2D eigenvalue weighted by atomic mass is 35.5.